The zero-order valence-electron chi connectivity index (χ0n) is 39.8. The zero-order valence-corrected chi connectivity index (χ0v) is 39.8. The first-order valence-electron chi connectivity index (χ1n) is 25.1. The van der Waals surface area contributed by atoms with E-state index in [0.29, 0.717) is 81.7 Å². The normalized spacial score (nSPS) is 24.5. The number of nitrogens with one attached hydrogen (secondary N) is 3. The molecule has 0 unspecified atom stereocenters. The van der Waals surface area contributed by atoms with Gasteiger partial charge < -0.3 is 44.7 Å². The summed E-state index contributed by atoms with van der Waals surface area (Å²) >= 11 is 0. The van der Waals surface area contributed by atoms with Crippen LogP contribution in [0, 0.1) is 17.8 Å². The molecule has 68 heavy (non-hydrogen) atoms. The summed E-state index contributed by atoms with van der Waals surface area (Å²) in [6.07, 6.45) is 10.9. The number of rotatable bonds is 14. The van der Waals surface area contributed by atoms with E-state index >= 15 is 0 Å². The lowest BCUT2D eigenvalue weighted by Gasteiger charge is -2.50. The van der Waals surface area contributed by atoms with E-state index in [1.807, 2.05) is 31.2 Å². The molecule has 4 heterocycles. The van der Waals surface area contributed by atoms with Crippen molar-refractivity contribution in [3.8, 4) is 51.7 Å². The van der Waals surface area contributed by atoms with Crippen LogP contribution in [0.3, 0.4) is 0 Å². The van der Waals surface area contributed by atoms with Gasteiger partial charge in [0.15, 0.2) is 17.6 Å². The maximum atomic E-state index is 11.3. The van der Waals surface area contributed by atoms with Crippen molar-refractivity contribution in [2.75, 3.05) is 39.7 Å². The third-order valence-electron chi connectivity index (χ3n) is 15.0. The van der Waals surface area contributed by atoms with Crippen LogP contribution < -0.4 is 40.7 Å². The summed E-state index contributed by atoms with van der Waals surface area (Å²) in [5.74, 6) is 9.47. The SMILES string of the molecule is CC(C)C[C@@](C)(O)CNCN[C@H]1C#CCCOc2cc(ccc2O)[C@H]2Oc3c(c4c(c5c3CC[C@H](CO)O5)-c3ccc(O)cc3[C@@H](Cc3ccc5c(c3)=CCN=5)C4)C[C@]12OCNC1CCCCC1. The molecule has 4 aliphatic heterocycles. The molecule has 2 bridgehead atoms. The molecule has 0 aromatic heterocycles. The second-order valence-corrected chi connectivity index (χ2v) is 20.7. The van der Waals surface area contributed by atoms with Crippen LogP contribution in [0.5, 0.6) is 28.7 Å². The van der Waals surface area contributed by atoms with Gasteiger partial charge in [-0.15, -0.1) is 0 Å². The Kier molecular flexibility index (Phi) is 13.5. The van der Waals surface area contributed by atoms with Gasteiger partial charge in [0.05, 0.1) is 37.4 Å². The highest BCUT2D eigenvalue weighted by Crippen LogP contribution is 2.58. The van der Waals surface area contributed by atoms with Crippen LogP contribution in [-0.4, -0.2) is 89.5 Å². The third-order valence-corrected chi connectivity index (χ3v) is 15.0. The fourth-order valence-corrected chi connectivity index (χ4v) is 11.9. The van der Waals surface area contributed by atoms with E-state index in [2.05, 4.69) is 70.9 Å². The Bertz CT molecular complexity index is 2700. The second-order valence-electron chi connectivity index (χ2n) is 20.7. The summed E-state index contributed by atoms with van der Waals surface area (Å²) in [4.78, 5) is 4.65. The molecule has 360 valence electrons. The van der Waals surface area contributed by atoms with E-state index in [9.17, 15) is 20.4 Å². The summed E-state index contributed by atoms with van der Waals surface area (Å²) in [5.41, 5.74) is 6.02. The number of phenolic OH excluding ortho intramolecular Hbond substituents is 2. The number of benzene rings is 4. The van der Waals surface area contributed by atoms with Crippen molar-refractivity contribution in [3.05, 3.63) is 98.6 Å². The molecule has 12 heteroatoms. The number of nitrogens with zero attached hydrogens (tertiary/aromatic N) is 1. The molecule has 0 radical (unpaired) electrons. The summed E-state index contributed by atoms with van der Waals surface area (Å²) in [6.45, 7) is 7.96. The first-order chi connectivity index (χ1) is 33.0. The van der Waals surface area contributed by atoms with Gasteiger partial charge in [0.25, 0.3) is 0 Å². The lowest BCUT2D eigenvalue weighted by molar-refractivity contribution is -0.144. The fourth-order valence-electron chi connectivity index (χ4n) is 11.9. The highest BCUT2D eigenvalue weighted by molar-refractivity contribution is 5.85. The van der Waals surface area contributed by atoms with Crippen molar-refractivity contribution in [1.29, 1.82) is 0 Å². The Hall–Kier alpha value is -5.13. The minimum absolute atomic E-state index is 0.0103. The molecule has 10 rings (SSSR count). The van der Waals surface area contributed by atoms with E-state index in [1.54, 1.807) is 12.1 Å². The van der Waals surface area contributed by atoms with Gasteiger partial charge in [-0.1, -0.05) is 69.2 Å². The summed E-state index contributed by atoms with van der Waals surface area (Å²) in [7, 11) is 0. The quantitative estimate of drug-likeness (QED) is 0.0441. The van der Waals surface area contributed by atoms with Gasteiger partial charge in [-0.3, -0.25) is 15.6 Å². The van der Waals surface area contributed by atoms with Gasteiger partial charge in [0.2, 0.25) is 0 Å². The Balaban J connectivity index is 1.15. The molecule has 1 fully saturated rings. The van der Waals surface area contributed by atoms with Crippen LogP contribution in [0.15, 0.2) is 59.6 Å². The smallest absolute Gasteiger partial charge is 0.161 e. The zero-order chi connectivity index (χ0) is 47.0. The summed E-state index contributed by atoms with van der Waals surface area (Å²) < 4.78 is 28.2. The largest absolute Gasteiger partial charge is 0.508 e. The number of ether oxygens (including phenoxy) is 4. The van der Waals surface area contributed by atoms with Gasteiger partial charge >= 0.3 is 0 Å². The maximum absolute atomic E-state index is 11.3. The third kappa shape index (κ3) is 9.46. The Morgan fingerprint density at radius 1 is 0.956 bits per heavy atom. The van der Waals surface area contributed by atoms with E-state index in [-0.39, 0.29) is 43.5 Å². The molecule has 6 aliphatic rings. The lowest BCUT2D eigenvalue weighted by Crippen LogP contribution is -2.62. The van der Waals surface area contributed by atoms with Crippen molar-refractivity contribution in [2.24, 2.45) is 10.9 Å². The number of aliphatic hydroxyl groups is 2. The van der Waals surface area contributed by atoms with Crippen LogP contribution in [0.2, 0.25) is 0 Å². The van der Waals surface area contributed by atoms with E-state index in [4.69, 9.17) is 18.9 Å². The number of aliphatic hydroxyl groups excluding tert-OH is 1. The number of phenols is 2. The predicted octanol–water partition coefficient (Wildman–Crippen LogP) is 6.15. The Labute approximate surface area is 400 Å². The standard InChI is InChI=1S/C56H68N4O8/c1-34(2)28-55(3,64)31-57-32-59-50-11-7-8-22-65-49-26-37(13-19-48(49)63)54-56(50,66-33-60-39-9-5-4-6-10-39)29-46-45-25-38(24-35-12-18-47-36(23-35)20-21-58-47)44-27-40(62)14-16-42(44)51(45)53-43(52(46)68-54)17-15-41(30-61)67-53/h12-14,16,18-20,23,26-27,34,38-39,41,50,54,57,59-64H,4-6,8-10,15,17,21-22,24-25,28-33H2,1-3H3/t38-,41+,50-,54+,55+,56-/m0/s1. The van der Waals surface area contributed by atoms with Crippen LogP contribution in [0.1, 0.15) is 118 Å². The van der Waals surface area contributed by atoms with Crippen molar-refractivity contribution in [2.45, 2.75) is 139 Å². The molecule has 12 nitrogen and oxygen atoms in total. The topological polar surface area (TPSA) is 166 Å². The minimum Gasteiger partial charge on any atom is -0.508 e. The van der Waals surface area contributed by atoms with Crippen LogP contribution in [0.4, 0.5) is 0 Å². The fraction of sp³-hybridized carbons (Fsp3) is 0.518. The minimum atomic E-state index is -1.16. The predicted molar refractivity (Wildman–Crippen MR) is 262 cm³/mol. The highest BCUT2D eigenvalue weighted by atomic mass is 16.6. The van der Waals surface area contributed by atoms with E-state index < -0.39 is 23.3 Å². The molecular weight excluding hydrogens is 857 g/mol. The van der Waals surface area contributed by atoms with E-state index in [1.165, 1.54) is 24.8 Å². The molecule has 6 atom stereocenters. The molecular formula is C56H68N4O8. The Morgan fingerprint density at radius 3 is 2.66 bits per heavy atom. The summed E-state index contributed by atoms with van der Waals surface area (Å²) in [5, 5.41) is 57.3. The molecule has 0 amide bonds. The molecule has 4 aromatic rings. The number of fused-ring (bicyclic) bond motifs is 13. The maximum Gasteiger partial charge on any atom is 0.161 e. The number of hydrogen-bond donors (Lipinski definition) is 7. The molecule has 0 saturated heterocycles. The lowest BCUT2D eigenvalue weighted by atomic mass is 9.69. The van der Waals surface area contributed by atoms with Crippen molar-refractivity contribution < 1.29 is 39.4 Å². The average molecular weight is 925 g/mol. The molecule has 0 spiro atoms. The van der Waals surface area contributed by atoms with E-state index in [0.717, 1.165) is 74.5 Å². The number of hydrogen-bond acceptors (Lipinski definition) is 12. The molecule has 4 aromatic carbocycles. The average Bonchev–Trinajstić information content (AvgIpc) is 3.80. The Morgan fingerprint density at radius 2 is 1.82 bits per heavy atom. The summed E-state index contributed by atoms with van der Waals surface area (Å²) in [6, 6.07) is 17.4. The molecule has 1 saturated carbocycles. The van der Waals surface area contributed by atoms with Crippen LogP contribution in [-0.2, 0) is 30.4 Å². The monoisotopic (exact) mass is 925 g/mol. The molecule has 7 N–H and O–H groups in total. The van der Waals surface area contributed by atoms with Crippen molar-refractivity contribution >= 4 is 6.08 Å². The van der Waals surface area contributed by atoms with Gasteiger partial charge in [0, 0.05) is 48.8 Å². The van der Waals surface area contributed by atoms with Crippen molar-refractivity contribution in [3.63, 3.8) is 0 Å². The van der Waals surface area contributed by atoms with Crippen molar-refractivity contribution in [1.82, 2.24) is 16.0 Å². The van der Waals surface area contributed by atoms with Gasteiger partial charge in [-0.05, 0) is 133 Å². The second kappa shape index (κ2) is 19.7. The molecule has 2 aliphatic carbocycles. The van der Waals surface area contributed by atoms with Gasteiger partial charge in [-0.2, -0.15) is 0 Å². The van der Waals surface area contributed by atoms with Gasteiger partial charge in [0.1, 0.15) is 35.0 Å². The first-order valence-corrected chi connectivity index (χ1v) is 25.1. The van der Waals surface area contributed by atoms with Crippen LogP contribution in [0.25, 0.3) is 17.2 Å². The highest BCUT2D eigenvalue weighted by Gasteiger charge is 2.54. The number of aromatic hydroxyl groups is 2. The van der Waals surface area contributed by atoms with Crippen LogP contribution >= 0.6 is 0 Å². The first kappa shape index (κ1) is 46.6. The van der Waals surface area contributed by atoms with Gasteiger partial charge in [-0.25, -0.2) is 0 Å².